The molecule has 1 aliphatic rings. The summed E-state index contributed by atoms with van der Waals surface area (Å²) in [4.78, 5) is 24.0. The van der Waals surface area contributed by atoms with Gasteiger partial charge in [0.1, 0.15) is 12.3 Å². The average Bonchev–Trinajstić information content (AvgIpc) is 3.27. The highest BCUT2D eigenvalue weighted by Crippen LogP contribution is 2.19. The van der Waals surface area contributed by atoms with E-state index in [2.05, 4.69) is 31.7 Å². The van der Waals surface area contributed by atoms with Crippen LogP contribution in [0.4, 0.5) is 5.69 Å². The topological polar surface area (TPSA) is 85.2 Å². The van der Waals surface area contributed by atoms with E-state index in [-0.39, 0.29) is 18.4 Å². The van der Waals surface area contributed by atoms with Crippen molar-refractivity contribution in [1.29, 1.82) is 0 Å². The van der Waals surface area contributed by atoms with Gasteiger partial charge in [-0.3, -0.25) is 14.3 Å². The van der Waals surface area contributed by atoms with E-state index in [9.17, 15) is 9.59 Å². The smallest absolute Gasteiger partial charge is 0.265 e. The molecule has 1 saturated carbocycles. The van der Waals surface area contributed by atoms with Crippen LogP contribution in [0.1, 0.15) is 19.8 Å². The first-order valence-electron chi connectivity index (χ1n) is 8.04. The van der Waals surface area contributed by atoms with Crippen molar-refractivity contribution in [2.45, 2.75) is 38.5 Å². The first-order chi connectivity index (χ1) is 12.0. The summed E-state index contributed by atoms with van der Waals surface area (Å²) in [6.07, 6.45) is 4.55. The third-order valence-electron chi connectivity index (χ3n) is 3.64. The van der Waals surface area contributed by atoms with Gasteiger partial charge < -0.3 is 15.4 Å². The molecule has 1 aromatic heterocycles. The molecule has 0 unspecified atom stereocenters. The highest BCUT2D eigenvalue weighted by Gasteiger charge is 2.23. The lowest BCUT2D eigenvalue weighted by Gasteiger charge is -2.14. The third kappa shape index (κ3) is 5.32. The molecule has 1 aliphatic carbocycles. The monoisotopic (exact) mass is 406 g/mol. The van der Waals surface area contributed by atoms with Crippen LogP contribution in [0.5, 0.6) is 5.75 Å². The molecule has 1 fully saturated rings. The van der Waals surface area contributed by atoms with E-state index in [1.165, 1.54) is 10.9 Å². The van der Waals surface area contributed by atoms with Crippen LogP contribution in [0.15, 0.2) is 41.1 Å². The van der Waals surface area contributed by atoms with Gasteiger partial charge in [-0.05, 0) is 44.0 Å². The molecular weight excluding hydrogens is 388 g/mol. The second kappa shape index (κ2) is 7.69. The minimum absolute atomic E-state index is 0.0737. The molecule has 2 aromatic rings. The molecule has 1 aromatic carbocycles. The second-order valence-electron chi connectivity index (χ2n) is 5.97. The number of rotatable bonds is 7. The quantitative estimate of drug-likeness (QED) is 0.738. The summed E-state index contributed by atoms with van der Waals surface area (Å²) in [6.45, 7) is 1.81. The number of hydrogen-bond acceptors (Lipinski definition) is 4. The second-order valence-corrected chi connectivity index (χ2v) is 6.89. The Bertz CT molecular complexity index is 756. The van der Waals surface area contributed by atoms with Crippen molar-refractivity contribution < 1.29 is 14.3 Å². The van der Waals surface area contributed by atoms with Crippen molar-refractivity contribution in [1.82, 2.24) is 15.1 Å². The van der Waals surface area contributed by atoms with Crippen molar-refractivity contribution in [3.63, 3.8) is 0 Å². The largest absolute Gasteiger partial charge is 0.481 e. The van der Waals surface area contributed by atoms with E-state index >= 15 is 0 Å². The lowest BCUT2D eigenvalue weighted by Crippen LogP contribution is -2.30. The number of ether oxygens (including phenoxy) is 1. The van der Waals surface area contributed by atoms with Gasteiger partial charge in [0.05, 0.1) is 11.9 Å². The Morgan fingerprint density at radius 3 is 2.76 bits per heavy atom. The standard InChI is InChI=1S/C17H19BrN4O3/c1-11(25-15-6-2-12(18)3-7-15)17(24)21-14-8-19-22(9-14)10-16(23)20-13-4-5-13/h2-3,6-9,11,13H,4-5,10H2,1H3,(H,20,23)(H,21,24)/t11-/m0/s1. The van der Waals surface area contributed by atoms with Crippen LogP contribution in [0.2, 0.25) is 0 Å². The van der Waals surface area contributed by atoms with Crippen molar-refractivity contribution in [2.75, 3.05) is 5.32 Å². The van der Waals surface area contributed by atoms with Crippen LogP contribution < -0.4 is 15.4 Å². The van der Waals surface area contributed by atoms with Crippen LogP contribution in [0, 0.1) is 0 Å². The summed E-state index contributed by atoms with van der Waals surface area (Å²) < 4.78 is 8.03. The van der Waals surface area contributed by atoms with E-state index < -0.39 is 6.10 Å². The number of amides is 2. The van der Waals surface area contributed by atoms with Gasteiger partial charge in [-0.2, -0.15) is 5.10 Å². The fraction of sp³-hybridized carbons (Fsp3) is 0.353. The van der Waals surface area contributed by atoms with Crippen molar-refractivity contribution in [3.8, 4) is 5.75 Å². The number of hydrogen-bond donors (Lipinski definition) is 2. The highest BCUT2D eigenvalue weighted by molar-refractivity contribution is 9.10. The van der Waals surface area contributed by atoms with E-state index in [0.717, 1.165) is 17.3 Å². The first kappa shape index (κ1) is 17.5. The minimum atomic E-state index is -0.664. The van der Waals surface area contributed by atoms with Crippen molar-refractivity contribution in [2.24, 2.45) is 0 Å². The highest BCUT2D eigenvalue weighted by atomic mass is 79.9. The maximum absolute atomic E-state index is 12.2. The van der Waals surface area contributed by atoms with Gasteiger partial charge in [-0.1, -0.05) is 15.9 Å². The number of nitrogens with zero attached hydrogens (tertiary/aromatic N) is 2. The maximum Gasteiger partial charge on any atom is 0.265 e. The van der Waals surface area contributed by atoms with Gasteiger partial charge in [0.25, 0.3) is 5.91 Å². The molecule has 2 N–H and O–H groups in total. The third-order valence-corrected chi connectivity index (χ3v) is 4.17. The molecule has 8 heteroatoms. The number of carbonyl (C=O) groups is 2. The van der Waals surface area contributed by atoms with Gasteiger partial charge >= 0.3 is 0 Å². The summed E-state index contributed by atoms with van der Waals surface area (Å²) in [6, 6.07) is 7.57. The Labute approximate surface area is 153 Å². The summed E-state index contributed by atoms with van der Waals surface area (Å²) in [5, 5.41) is 9.71. The molecule has 3 rings (SSSR count). The predicted molar refractivity (Wildman–Crippen MR) is 96.3 cm³/mol. The lowest BCUT2D eigenvalue weighted by atomic mass is 10.3. The molecule has 2 amide bonds. The Hall–Kier alpha value is -2.35. The number of benzene rings is 1. The van der Waals surface area contributed by atoms with Crippen molar-refractivity contribution in [3.05, 3.63) is 41.1 Å². The van der Waals surface area contributed by atoms with Gasteiger partial charge in [-0.15, -0.1) is 0 Å². The van der Waals surface area contributed by atoms with Crippen LogP contribution in [0.25, 0.3) is 0 Å². The lowest BCUT2D eigenvalue weighted by molar-refractivity contribution is -0.122. The minimum Gasteiger partial charge on any atom is -0.481 e. The molecule has 0 radical (unpaired) electrons. The van der Waals surface area contributed by atoms with Crippen LogP contribution in [-0.2, 0) is 16.1 Å². The average molecular weight is 407 g/mol. The summed E-state index contributed by atoms with van der Waals surface area (Å²) >= 11 is 3.35. The van der Waals surface area contributed by atoms with Gasteiger partial charge in [0, 0.05) is 16.7 Å². The molecule has 132 valence electrons. The number of nitrogens with one attached hydrogen (secondary N) is 2. The van der Waals surface area contributed by atoms with Crippen LogP contribution in [-0.4, -0.2) is 33.7 Å². The fourth-order valence-electron chi connectivity index (χ4n) is 2.18. The first-order valence-corrected chi connectivity index (χ1v) is 8.84. The molecule has 0 saturated heterocycles. The Morgan fingerprint density at radius 2 is 2.08 bits per heavy atom. The van der Waals surface area contributed by atoms with Crippen molar-refractivity contribution >= 4 is 33.4 Å². The summed E-state index contributed by atoms with van der Waals surface area (Å²) in [7, 11) is 0. The van der Waals surface area contributed by atoms with E-state index in [0.29, 0.717) is 17.5 Å². The van der Waals surface area contributed by atoms with E-state index in [4.69, 9.17) is 4.74 Å². The molecule has 7 nitrogen and oxygen atoms in total. The molecule has 0 bridgehead atoms. The Morgan fingerprint density at radius 1 is 1.36 bits per heavy atom. The fourth-order valence-corrected chi connectivity index (χ4v) is 2.44. The molecular formula is C17H19BrN4O3. The van der Waals surface area contributed by atoms with Gasteiger partial charge in [-0.25, -0.2) is 0 Å². The molecule has 1 heterocycles. The number of halogens is 1. The zero-order valence-electron chi connectivity index (χ0n) is 13.7. The Kier molecular flexibility index (Phi) is 5.37. The van der Waals surface area contributed by atoms with Crippen LogP contribution in [0.3, 0.4) is 0 Å². The SMILES string of the molecule is C[C@H](Oc1ccc(Br)cc1)C(=O)Nc1cnn(CC(=O)NC2CC2)c1. The normalized spacial score (nSPS) is 14.6. The van der Waals surface area contributed by atoms with Crippen LogP contribution >= 0.6 is 15.9 Å². The number of carbonyl (C=O) groups excluding carboxylic acids is 2. The molecule has 25 heavy (non-hydrogen) atoms. The predicted octanol–water partition coefficient (Wildman–Crippen LogP) is 2.33. The Balaban J connectivity index is 1.49. The van der Waals surface area contributed by atoms with E-state index in [1.807, 2.05) is 12.1 Å². The zero-order chi connectivity index (χ0) is 17.8. The molecule has 0 spiro atoms. The van der Waals surface area contributed by atoms with Gasteiger partial charge in [0.15, 0.2) is 6.10 Å². The molecule has 0 aliphatic heterocycles. The number of aromatic nitrogens is 2. The zero-order valence-corrected chi connectivity index (χ0v) is 15.3. The molecule has 1 atom stereocenters. The summed E-state index contributed by atoms with van der Waals surface area (Å²) in [5.74, 6) is 0.249. The van der Waals surface area contributed by atoms with Gasteiger partial charge in [0.2, 0.25) is 5.91 Å². The van der Waals surface area contributed by atoms with E-state index in [1.54, 1.807) is 25.3 Å². The summed E-state index contributed by atoms with van der Waals surface area (Å²) in [5.41, 5.74) is 0.524. The number of anilines is 1. The maximum atomic E-state index is 12.2.